The topological polar surface area (TPSA) is 23.5 Å². The molecule has 2 rings (SSSR count). The van der Waals surface area contributed by atoms with Gasteiger partial charge in [0.15, 0.2) is 0 Å². The largest absolute Gasteiger partial charge is 0.389 e. The van der Waals surface area contributed by atoms with Gasteiger partial charge in [0.2, 0.25) is 0 Å². The summed E-state index contributed by atoms with van der Waals surface area (Å²) in [5.74, 6) is 0.867. The molecule has 0 spiro atoms. The minimum absolute atomic E-state index is 0.505. The summed E-state index contributed by atoms with van der Waals surface area (Å²) in [7, 11) is 0. The van der Waals surface area contributed by atoms with Gasteiger partial charge in [0.1, 0.15) is 0 Å². The van der Waals surface area contributed by atoms with Crippen LogP contribution in [0.4, 0.5) is 5.69 Å². The van der Waals surface area contributed by atoms with Crippen LogP contribution >= 0.6 is 11.6 Å². The van der Waals surface area contributed by atoms with Crippen molar-refractivity contribution < 1.29 is 5.11 Å². The Morgan fingerprint density at radius 3 is 2.67 bits per heavy atom. The van der Waals surface area contributed by atoms with E-state index in [0.29, 0.717) is 5.02 Å². The van der Waals surface area contributed by atoms with Crippen molar-refractivity contribution in [3.63, 3.8) is 0 Å². The van der Waals surface area contributed by atoms with Gasteiger partial charge < -0.3 is 10.0 Å². The number of benzene rings is 1. The highest BCUT2D eigenvalue weighted by molar-refractivity contribution is 6.31. The molecule has 1 aliphatic rings. The van der Waals surface area contributed by atoms with Gasteiger partial charge in [-0.25, -0.2) is 0 Å². The van der Waals surface area contributed by atoms with Crippen LogP contribution in [0.1, 0.15) is 44.8 Å². The molecule has 0 radical (unpaired) electrons. The Morgan fingerprint density at radius 1 is 1.44 bits per heavy atom. The third kappa shape index (κ3) is 3.39. The van der Waals surface area contributed by atoms with E-state index in [1.807, 2.05) is 12.1 Å². The molecule has 1 N–H and O–H groups in total. The first-order valence-corrected chi connectivity index (χ1v) is 7.22. The highest BCUT2D eigenvalue weighted by atomic mass is 35.5. The summed E-state index contributed by atoms with van der Waals surface area (Å²) >= 11 is 6.23. The van der Waals surface area contributed by atoms with Gasteiger partial charge in [-0.05, 0) is 49.8 Å². The number of hydrogen-bond acceptors (Lipinski definition) is 2. The summed E-state index contributed by atoms with van der Waals surface area (Å²) < 4.78 is 0. The van der Waals surface area contributed by atoms with Crippen molar-refractivity contribution in [2.24, 2.45) is 5.92 Å². The number of hydrogen-bond donors (Lipinski definition) is 1. The Labute approximate surface area is 115 Å². The zero-order valence-electron chi connectivity index (χ0n) is 11.2. The molecular weight excluding hydrogens is 246 g/mol. The zero-order chi connectivity index (χ0) is 13.1. The molecule has 0 saturated heterocycles. The number of halogens is 1. The fourth-order valence-corrected chi connectivity index (χ4v) is 2.59. The van der Waals surface area contributed by atoms with Gasteiger partial charge in [0, 0.05) is 23.8 Å². The highest BCUT2D eigenvalue weighted by Gasteiger charge is 2.24. The number of rotatable bonds is 6. The lowest BCUT2D eigenvalue weighted by molar-refractivity contribution is 0.199. The summed E-state index contributed by atoms with van der Waals surface area (Å²) in [6.45, 7) is 6.15. The van der Waals surface area contributed by atoms with Gasteiger partial charge in [-0.15, -0.1) is 0 Å². The van der Waals surface area contributed by atoms with Crippen molar-refractivity contribution in [3.8, 4) is 0 Å². The van der Waals surface area contributed by atoms with E-state index in [1.54, 1.807) is 6.92 Å². The van der Waals surface area contributed by atoms with E-state index < -0.39 is 6.10 Å². The second kappa shape index (κ2) is 5.94. The number of aliphatic hydroxyl groups excluding tert-OH is 1. The van der Waals surface area contributed by atoms with Crippen molar-refractivity contribution in [2.75, 3.05) is 18.0 Å². The third-order valence-electron chi connectivity index (χ3n) is 3.47. The van der Waals surface area contributed by atoms with Crippen molar-refractivity contribution in [1.29, 1.82) is 0 Å². The summed E-state index contributed by atoms with van der Waals surface area (Å²) in [5, 5.41) is 10.3. The molecule has 1 saturated carbocycles. The van der Waals surface area contributed by atoms with E-state index in [4.69, 9.17) is 11.6 Å². The molecule has 18 heavy (non-hydrogen) atoms. The van der Waals surface area contributed by atoms with E-state index in [9.17, 15) is 5.11 Å². The SMILES string of the molecule is CCCN(CC1CC1)c1ccc(C(C)O)c(Cl)c1. The first kappa shape index (κ1) is 13.7. The molecular formula is C15H22ClNO. The lowest BCUT2D eigenvalue weighted by Gasteiger charge is -2.25. The van der Waals surface area contributed by atoms with Gasteiger partial charge in [-0.3, -0.25) is 0 Å². The Morgan fingerprint density at radius 2 is 2.17 bits per heavy atom. The second-order valence-corrected chi connectivity index (χ2v) is 5.68. The van der Waals surface area contributed by atoms with E-state index in [1.165, 1.54) is 18.5 Å². The predicted molar refractivity (Wildman–Crippen MR) is 77.3 cm³/mol. The lowest BCUT2D eigenvalue weighted by atomic mass is 10.1. The lowest BCUT2D eigenvalue weighted by Crippen LogP contribution is -2.26. The number of aliphatic hydroxyl groups is 1. The Kier molecular flexibility index (Phi) is 4.52. The molecule has 100 valence electrons. The number of anilines is 1. The molecule has 0 bridgehead atoms. The molecule has 0 aromatic heterocycles. The van der Waals surface area contributed by atoms with Gasteiger partial charge in [0.25, 0.3) is 0 Å². The average molecular weight is 268 g/mol. The van der Waals surface area contributed by atoms with E-state index in [2.05, 4.69) is 17.9 Å². The van der Waals surface area contributed by atoms with Crippen LogP contribution in [0.2, 0.25) is 5.02 Å². The molecule has 1 aromatic carbocycles. The highest BCUT2D eigenvalue weighted by Crippen LogP contribution is 2.33. The fourth-order valence-electron chi connectivity index (χ4n) is 2.26. The molecule has 2 nitrogen and oxygen atoms in total. The van der Waals surface area contributed by atoms with Crippen molar-refractivity contribution in [1.82, 2.24) is 0 Å². The Hall–Kier alpha value is -0.730. The Balaban J connectivity index is 2.15. The fraction of sp³-hybridized carbons (Fsp3) is 0.600. The smallest absolute Gasteiger partial charge is 0.0776 e. The third-order valence-corrected chi connectivity index (χ3v) is 3.80. The molecule has 1 aliphatic carbocycles. The van der Waals surface area contributed by atoms with Gasteiger partial charge in [-0.1, -0.05) is 24.6 Å². The maximum Gasteiger partial charge on any atom is 0.0776 e. The predicted octanol–water partition coefficient (Wildman–Crippen LogP) is 4.02. The van der Waals surface area contributed by atoms with Gasteiger partial charge in [-0.2, -0.15) is 0 Å². The van der Waals surface area contributed by atoms with Crippen molar-refractivity contribution in [2.45, 2.75) is 39.2 Å². The molecule has 1 unspecified atom stereocenters. The minimum Gasteiger partial charge on any atom is -0.389 e. The molecule has 3 heteroatoms. The maximum atomic E-state index is 9.59. The van der Waals surface area contributed by atoms with Crippen LogP contribution in [0, 0.1) is 5.92 Å². The molecule has 0 amide bonds. The van der Waals surface area contributed by atoms with E-state index in [-0.39, 0.29) is 0 Å². The molecule has 0 heterocycles. The molecule has 1 fully saturated rings. The molecule has 1 aromatic rings. The van der Waals surface area contributed by atoms with Crippen LogP contribution in [0.3, 0.4) is 0 Å². The van der Waals surface area contributed by atoms with Crippen molar-refractivity contribution in [3.05, 3.63) is 28.8 Å². The van der Waals surface area contributed by atoms with Crippen molar-refractivity contribution >= 4 is 17.3 Å². The van der Waals surface area contributed by atoms with Crippen LogP contribution in [0.5, 0.6) is 0 Å². The maximum absolute atomic E-state index is 9.59. The van der Waals surface area contributed by atoms with Crippen LogP contribution in [0.25, 0.3) is 0 Å². The quantitative estimate of drug-likeness (QED) is 0.842. The Bertz CT molecular complexity index is 401. The van der Waals surface area contributed by atoms with Crippen LogP contribution in [-0.4, -0.2) is 18.2 Å². The average Bonchev–Trinajstić information content (AvgIpc) is 3.11. The summed E-state index contributed by atoms with van der Waals surface area (Å²) in [6, 6.07) is 6.01. The zero-order valence-corrected chi connectivity index (χ0v) is 12.0. The summed E-state index contributed by atoms with van der Waals surface area (Å²) in [5.41, 5.74) is 1.99. The monoisotopic (exact) mass is 267 g/mol. The molecule has 0 aliphatic heterocycles. The van der Waals surface area contributed by atoms with Gasteiger partial charge in [0.05, 0.1) is 6.10 Å². The van der Waals surface area contributed by atoms with E-state index in [0.717, 1.165) is 31.0 Å². The van der Waals surface area contributed by atoms with Crippen LogP contribution < -0.4 is 4.90 Å². The second-order valence-electron chi connectivity index (χ2n) is 5.27. The number of nitrogens with zero attached hydrogens (tertiary/aromatic N) is 1. The van der Waals surface area contributed by atoms with Gasteiger partial charge >= 0.3 is 0 Å². The minimum atomic E-state index is -0.505. The van der Waals surface area contributed by atoms with E-state index >= 15 is 0 Å². The first-order valence-electron chi connectivity index (χ1n) is 6.84. The normalized spacial score (nSPS) is 16.7. The summed E-state index contributed by atoms with van der Waals surface area (Å²) in [6.07, 6.45) is 3.36. The first-order chi connectivity index (χ1) is 8.61. The van der Waals surface area contributed by atoms with Crippen LogP contribution in [-0.2, 0) is 0 Å². The summed E-state index contributed by atoms with van der Waals surface area (Å²) in [4.78, 5) is 2.41. The standard InChI is InChI=1S/C15H22ClNO/c1-3-8-17(10-12-4-5-12)13-6-7-14(11(2)18)15(16)9-13/h6-7,9,11-12,18H,3-5,8,10H2,1-2H3. The van der Waals surface area contributed by atoms with Crippen LogP contribution in [0.15, 0.2) is 18.2 Å². The molecule has 1 atom stereocenters.